The molecule has 6 nitrogen and oxygen atoms in total. The molecule has 0 bridgehead atoms. The van der Waals surface area contributed by atoms with E-state index >= 15 is 0 Å². The largest absolute Gasteiger partial charge is 0.335 e. The van der Waals surface area contributed by atoms with Crippen LogP contribution in [0.5, 0.6) is 0 Å². The summed E-state index contributed by atoms with van der Waals surface area (Å²) in [5.41, 5.74) is 2.50. The van der Waals surface area contributed by atoms with E-state index in [-0.39, 0.29) is 11.9 Å². The summed E-state index contributed by atoms with van der Waals surface area (Å²) in [7, 11) is 1.79. The van der Waals surface area contributed by atoms with Gasteiger partial charge >= 0.3 is 0 Å². The summed E-state index contributed by atoms with van der Waals surface area (Å²) in [5.74, 6) is 0.730. The molecule has 25 heavy (non-hydrogen) atoms. The molecular weight excluding hydrogens is 334 g/mol. The van der Waals surface area contributed by atoms with E-state index in [0.717, 1.165) is 22.1 Å². The monoisotopic (exact) mass is 355 g/mol. The second-order valence-electron chi connectivity index (χ2n) is 6.25. The first-order valence-electron chi connectivity index (χ1n) is 8.12. The van der Waals surface area contributed by atoms with Crippen LogP contribution < -0.4 is 0 Å². The number of aryl methyl sites for hydroxylation is 1. The maximum absolute atomic E-state index is 12.8. The fourth-order valence-corrected chi connectivity index (χ4v) is 3.42. The minimum atomic E-state index is -0.0367. The number of nitrogens with zero attached hydrogens (tertiary/aromatic N) is 5. The lowest BCUT2D eigenvalue weighted by Crippen LogP contribution is -2.26. The van der Waals surface area contributed by atoms with Crippen molar-refractivity contribution in [2.24, 2.45) is 0 Å². The van der Waals surface area contributed by atoms with Crippen molar-refractivity contribution >= 4 is 17.2 Å². The van der Waals surface area contributed by atoms with Gasteiger partial charge in [0.2, 0.25) is 0 Å². The highest BCUT2D eigenvalue weighted by molar-refractivity contribution is 7.09. The molecular formula is C18H21N5OS. The molecule has 2 aromatic heterocycles. The molecule has 0 radical (unpaired) electrons. The van der Waals surface area contributed by atoms with E-state index in [1.54, 1.807) is 29.6 Å². The molecule has 130 valence electrons. The van der Waals surface area contributed by atoms with Gasteiger partial charge in [-0.25, -0.2) is 14.6 Å². The second kappa shape index (κ2) is 7.14. The molecule has 0 saturated heterocycles. The van der Waals surface area contributed by atoms with Gasteiger partial charge in [0.05, 0.1) is 6.54 Å². The van der Waals surface area contributed by atoms with Crippen LogP contribution >= 0.6 is 11.3 Å². The third-order valence-electron chi connectivity index (χ3n) is 3.82. The van der Waals surface area contributed by atoms with Crippen molar-refractivity contribution < 1.29 is 4.79 Å². The van der Waals surface area contributed by atoms with E-state index in [2.05, 4.69) is 28.9 Å². The molecule has 0 atom stereocenters. The number of amides is 1. The number of rotatable bonds is 5. The van der Waals surface area contributed by atoms with Gasteiger partial charge in [-0.05, 0) is 32.9 Å². The molecule has 3 rings (SSSR count). The topological polar surface area (TPSA) is 63.9 Å². The summed E-state index contributed by atoms with van der Waals surface area (Å²) in [6.07, 6.45) is 1.54. The molecule has 1 amide bonds. The molecule has 0 aliphatic rings. The van der Waals surface area contributed by atoms with Crippen LogP contribution in [0.3, 0.4) is 0 Å². The Kier molecular flexibility index (Phi) is 4.94. The number of benzene rings is 1. The van der Waals surface area contributed by atoms with Crippen LogP contribution in [0.1, 0.15) is 40.9 Å². The summed E-state index contributed by atoms with van der Waals surface area (Å²) in [5, 5.41) is 7.19. The third kappa shape index (κ3) is 3.76. The minimum absolute atomic E-state index is 0.0367. The Morgan fingerprint density at radius 2 is 2.16 bits per heavy atom. The van der Waals surface area contributed by atoms with Crippen LogP contribution in [-0.2, 0) is 6.54 Å². The molecule has 7 heteroatoms. The van der Waals surface area contributed by atoms with Crippen molar-refractivity contribution in [3.8, 4) is 11.4 Å². The summed E-state index contributed by atoms with van der Waals surface area (Å²) < 4.78 is 1.85. The minimum Gasteiger partial charge on any atom is -0.335 e. The predicted molar refractivity (Wildman–Crippen MR) is 98.5 cm³/mol. The Bertz CT molecular complexity index is 883. The third-order valence-corrected chi connectivity index (χ3v) is 4.77. The predicted octanol–water partition coefficient (Wildman–Crippen LogP) is 3.56. The van der Waals surface area contributed by atoms with Crippen molar-refractivity contribution in [3.63, 3.8) is 0 Å². The summed E-state index contributed by atoms with van der Waals surface area (Å²) in [6, 6.07) is 7.72. The molecule has 0 spiro atoms. The fraction of sp³-hybridized carbons (Fsp3) is 0.333. The fourth-order valence-electron chi connectivity index (χ4n) is 2.60. The van der Waals surface area contributed by atoms with Gasteiger partial charge in [-0.2, -0.15) is 5.10 Å². The van der Waals surface area contributed by atoms with E-state index in [0.29, 0.717) is 12.1 Å². The maximum Gasteiger partial charge on any atom is 0.253 e. The number of hydrogen-bond acceptors (Lipinski definition) is 5. The number of thiazole rings is 1. The van der Waals surface area contributed by atoms with Crippen LogP contribution in [0.15, 0.2) is 36.0 Å². The summed E-state index contributed by atoms with van der Waals surface area (Å²) >= 11 is 1.57. The van der Waals surface area contributed by atoms with Crippen LogP contribution in [0.4, 0.5) is 0 Å². The van der Waals surface area contributed by atoms with Gasteiger partial charge in [0.1, 0.15) is 11.3 Å². The van der Waals surface area contributed by atoms with Gasteiger partial charge in [0.25, 0.3) is 5.91 Å². The SMILES string of the molecule is Cc1csc(CN(C)C(=O)c2cccc(-c3ncnn3C(C)C)c2)n1. The number of carbonyl (C=O) groups is 1. The van der Waals surface area contributed by atoms with E-state index < -0.39 is 0 Å². The Balaban J connectivity index is 1.83. The molecule has 0 N–H and O–H groups in total. The van der Waals surface area contributed by atoms with Gasteiger partial charge in [0.15, 0.2) is 5.82 Å². The standard InChI is InChI=1S/C18H21N5OS/c1-12(2)23-17(19-11-20-23)14-6-5-7-15(8-14)18(24)22(4)9-16-21-13(3)10-25-16/h5-8,10-12H,9H2,1-4H3. The van der Waals surface area contributed by atoms with Gasteiger partial charge < -0.3 is 4.90 Å². The molecule has 3 aromatic rings. The van der Waals surface area contributed by atoms with Gasteiger partial charge in [-0.3, -0.25) is 4.79 Å². The molecule has 0 fully saturated rings. The Morgan fingerprint density at radius 1 is 1.36 bits per heavy atom. The van der Waals surface area contributed by atoms with Crippen molar-refractivity contribution in [1.82, 2.24) is 24.6 Å². The maximum atomic E-state index is 12.8. The number of aromatic nitrogens is 4. The zero-order valence-corrected chi connectivity index (χ0v) is 15.6. The lowest BCUT2D eigenvalue weighted by Gasteiger charge is -2.16. The van der Waals surface area contributed by atoms with E-state index in [1.807, 2.05) is 41.3 Å². The van der Waals surface area contributed by atoms with Crippen LogP contribution in [0.25, 0.3) is 11.4 Å². The molecule has 0 aliphatic carbocycles. The Labute approximate surface area is 151 Å². The summed E-state index contributed by atoms with van der Waals surface area (Å²) in [6.45, 7) is 6.56. The highest BCUT2D eigenvalue weighted by atomic mass is 32.1. The number of carbonyl (C=O) groups excluding carboxylic acids is 1. The van der Waals surface area contributed by atoms with Crippen LogP contribution in [-0.4, -0.2) is 37.6 Å². The summed E-state index contributed by atoms with van der Waals surface area (Å²) in [4.78, 5) is 23.2. The van der Waals surface area contributed by atoms with E-state index in [1.165, 1.54) is 0 Å². The lowest BCUT2D eigenvalue weighted by atomic mass is 10.1. The average Bonchev–Trinajstić information content (AvgIpc) is 3.23. The quantitative estimate of drug-likeness (QED) is 0.702. The van der Waals surface area contributed by atoms with Crippen molar-refractivity contribution in [3.05, 3.63) is 52.2 Å². The molecule has 0 aliphatic heterocycles. The van der Waals surface area contributed by atoms with Crippen molar-refractivity contribution in [2.45, 2.75) is 33.4 Å². The van der Waals surface area contributed by atoms with Gasteiger partial charge in [-0.15, -0.1) is 11.3 Å². The van der Waals surface area contributed by atoms with Crippen molar-refractivity contribution in [1.29, 1.82) is 0 Å². The normalized spacial score (nSPS) is 11.1. The lowest BCUT2D eigenvalue weighted by molar-refractivity contribution is 0.0785. The average molecular weight is 355 g/mol. The highest BCUT2D eigenvalue weighted by Gasteiger charge is 2.16. The molecule has 0 saturated carbocycles. The van der Waals surface area contributed by atoms with Gasteiger partial charge in [0, 0.05) is 35.3 Å². The van der Waals surface area contributed by atoms with Crippen LogP contribution in [0.2, 0.25) is 0 Å². The van der Waals surface area contributed by atoms with Gasteiger partial charge in [-0.1, -0.05) is 12.1 Å². The Hall–Kier alpha value is -2.54. The highest BCUT2D eigenvalue weighted by Crippen LogP contribution is 2.21. The van der Waals surface area contributed by atoms with E-state index in [4.69, 9.17) is 0 Å². The Morgan fingerprint density at radius 3 is 2.84 bits per heavy atom. The smallest absolute Gasteiger partial charge is 0.253 e. The second-order valence-corrected chi connectivity index (χ2v) is 7.19. The zero-order valence-electron chi connectivity index (χ0n) is 14.8. The first-order valence-corrected chi connectivity index (χ1v) is 9.00. The first-order chi connectivity index (χ1) is 12.0. The molecule has 1 aromatic carbocycles. The van der Waals surface area contributed by atoms with E-state index in [9.17, 15) is 4.79 Å². The van der Waals surface area contributed by atoms with Crippen molar-refractivity contribution in [2.75, 3.05) is 7.05 Å². The number of hydrogen-bond donors (Lipinski definition) is 0. The first kappa shape index (κ1) is 17.3. The molecule has 0 unspecified atom stereocenters. The molecule has 2 heterocycles. The zero-order chi connectivity index (χ0) is 18.0. The van der Waals surface area contributed by atoms with Crippen LogP contribution in [0, 0.1) is 6.92 Å².